The Balaban J connectivity index is 2.96. The molecule has 2 atom stereocenters. The molecule has 0 aromatic rings. The van der Waals surface area contributed by atoms with Gasteiger partial charge in [0.25, 0.3) is 10.2 Å². The second-order valence-electron chi connectivity index (χ2n) is 5.15. The molecule has 1 fully saturated rings. The molecule has 0 unspecified atom stereocenters. The maximum absolute atomic E-state index is 12.4. The Kier molecular flexibility index (Phi) is 4.95. The summed E-state index contributed by atoms with van der Waals surface area (Å²) in [5.41, 5.74) is 5.73. The van der Waals surface area contributed by atoms with Gasteiger partial charge in [-0.2, -0.15) is 17.0 Å². The molecule has 0 aromatic heterocycles. The van der Waals surface area contributed by atoms with Crippen LogP contribution >= 0.6 is 0 Å². The third-order valence-electron chi connectivity index (χ3n) is 3.69. The summed E-state index contributed by atoms with van der Waals surface area (Å²) in [4.78, 5) is 0. The smallest absolute Gasteiger partial charge is 0.282 e. The van der Waals surface area contributed by atoms with Crippen LogP contribution in [-0.4, -0.2) is 49.2 Å². The molecule has 1 saturated heterocycles. The first-order valence-electron chi connectivity index (χ1n) is 6.27. The number of nitrogens with two attached hydrogens (primary N) is 1. The normalized spacial score (nSPS) is 27.9. The molecule has 1 heterocycles. The predicted molar refractivity (Wildman–Crippen MR) is 69.8 cm³/mol. The quantitative estimate of drug-likeness (QED) is 0.809. The lowest BCUT2D eigenvalue weighted by Crippen LogP contribution is -2.55. The standard InChI is InChI=1S/C11H25N3O2S/c1-9(2)13(4)17(15,16)14-7-5-6-10(3)11(14)8-12/h9-11H,5-8,12H2,1-4H3/t10-,11+/m1/s1. The molecule has 5 nitrogen and oxygen atoms in total. The number of hydrogen-bond donors (Lipinski definition) is 1. The molecule has 1 aliphatic rings. The Labute approximate surface area is 105 Å². The van der Waals surface area contributed by atoms with E-state index in [0.717, 1.165) is 12.8 Å². The molecule has 0 bridgehead atoms. The van der Waals surface area contributed by atoms with Gasteiger partial charge in [0.2, 0.25) is 0 Å². The van der Waals surface area contributed by atoms with Crippen LogP contribution in [0, 0.1) is 5.92 Å². The lowest BCUT2D eigenvalue weighted by Gasteiger charge is -2.40. The van der Waals surface area contributed by atoms with Crippen molar-refractivity contribution in [3.05, 3.63) is 0 Å². The summed E-state index contributed by atoms with van der Waals surface area (Å²) in [5, 5.41) is 0. The molecular weight excluding hydrogens is 238 g/mol. The molecule has 0 aliphatic carbocycles. The lowest BCUT2D eigenvalue weighted by molar-refractivity contribution is 0.179. The zero-order chi connectivity index (χ0) is 13.2. The number of piperidine rings is 1. The molecule has 0 amide bonds. The first-order chi connectivity index (χ1) is 7.82. The first-order valence-corrected chi connectivity index (χ1v) is 7.67. The summed E-state index contributed by atoms with van der Waals surface area (Å²) < 4.78 is 27.9. The van der Waals surface area contributed by atoms with E-state index in [2.05, 4.69) is 6.92 Å². The van der Waals surface area contributed by atoms with Crippen LogP contribution in [0.4, 0.5) is 0 Å². The van der Waals surface area contributed by atoms with Gasteiger partial charge in [-0.3, -0.25) is 0 Å². The van der Waals surface area contributed by atoms with Crippen molar-refractivity contribution in [2.45, 2.75) is 45.7 Å². The highest BCUT2D eigenvalue weighted by Crippen LogP contribution is 2.26. The van der Waals surface area contributed by atoms with Gasteiger partial charge in [0.1, 0.15) is 0 Å². The number of hydrogen-bond acceptors (Lipinski definition) is 3. The fourth-order valence-corrected chi connectivity index (χ4v) is 4.14. The van der Waals surface area contributed by atoms with Crippen LogP contribution in [0.1, 0.15) is 33.6 Å². The molecule has 102 valence electrons. The van der Waals surface area contributed by atoms with Gasteiger partial charge in [0, 0.05) is 32.2 Å². The van der Waals surface area contributed by atoms with Crippen molar-refractivity contribution in [3.63, 3.8) is 0 Å². The van der Waals surface area contributed by atoms with Crippen molar-refractivity contribution in [1.82, 2.24) is 8.61 Å². The fourth-order valence-electron chi connectivity index (χ4n) is 2.28. The van der Waals surface area contributed by atoms with E-state index in [1.54, 1.807) is 11.4 Å². The van der Waals surface area contributed by atoms with Gasteiger partial charge in [-0.05, 0) is 32.6 Å². The van der Waals surface area contributed by atoms with Gasteiger partial charge in [0.05, 0.1) is 0 Å². The average Bonchev–Trinajstić information content (AvgIpc) is 2.27. The summed E-state index contributed by atoms with van der Waals surface area (Å²) in [6, 6.07) is -0.0920. The topological polar surface area (TPSA) is 66.6 Å². The van der Waals surface area contributed by atoms with E-state index >= 15 is 0 Å². The summed E-state index contributed by atoms with van der Waals surface area (Å²) in [5.74, 6) is 0.337. The highest BCUT2D eigenvalue weighted by Gasteiger charge is 2.38. The Morgan fingerprint density at radius 2 is 2.06 bits per heavy atom. The zero-order valence-corrected chi connectivity index (χ0v) is 12.1. The highest BCUT2D eigenvalue weighted by atomic mass is 32.2. The Bertz CT molecular complexity index is 343. The van der Waals surface area contributed by atoms with Gasteiger partial charge in [-0.1, -0.05) is 6.92 Å². The second kappa shape index (κ2) is 5.65. The molecule has 0 saturated carbocycles. The summed E-state index contributed by atoms with van der Waals surface area (Å²) in [7, 11) is -1.74. The van der Waals surface area contributed by atoms with Crippen LogP contribution in [0.5, 0.6) is 0 Å². The highest BCUT2D eigenvalue weighted by molar-refractivity contribution is 7.86. The van der Waals surface area contributed by atoms with Crippen LogP contribution in [0.3, 0.4) is 0 Å². The van der Waals surface area contributed by atoms with E-state index in [4.69, 9.17) is 5.73 Å². The minimum absolute atomic E-state index is 0.0318. The summed E-state index contributed by atoms with van der Waals surface area (Å²) in [6.45, 7) is 6.82. The second-order valence-corrected chi connectivity index (χ2v) is 7.09. The van der Waals surface area contributed by atoms with Gasteiger partial charge >= 0.3 is 0 Å². The minimum atomic E-state index is -3.37. The van der Waals surface area contributed by atoms with Gasteiger partial charge in [-0.25, -0.2) is 0 Å². The molecule has 2 N–H and O–H groups in total. The van der Waals surface area contributed by atoms with Crippen molar-refractivity contribution in [1.29, 1.82) is 0 Å². The third kappa shape index (κ3) is 2.99. The maximum Gasteiger partial charge on any atom is 0.282 e. The van der Waals surface area contributed by atoms with Crippen molar-refractivity contribution in [2.75, 3.05) is 20.1 Å². The van der Waals surface area contributed by atoms with Crippen molar-refractivity contribution < 1.29 is 8.42 Å². The Morgan fingerprint density at radius 1 is 1.47 bits per heavy atom. The van der Waals surface area contributed by atoms with Crippen LogP contribution < -0.4 is 5.73 Å². The van der Waals surface area contributed by atoms with Crippen molar-refractivity contribution in [2.24, 2.45) is 11.7 Å². The minimum Gasteiger partial charge on any atom is -0.329 e. The Morgan fingerprint density at radius 3 is 2.53 bits per heavy atom. The van der Waals surface area contributed by atoms with Crippen molar-refractivity contribution >= 4 is 10.2 Å². The van der Waals surface area contributed by atoms with Crippen LogP contribution in [-0.2, 0) is 10.2 Å². The van der Waals surface area contributed by atoms with Gasteiger partial charge in [0.15, 0.2) is 0 Å². The van der Waals surface area contributed by atoms with Crippen LogP contribution in [0.15, 0.2) is 0 Å². The SMILES string of the molecule is CC(C)N(C)S(=O)(=O)N1CCC[C@@H](C)[C@@H]1CN. The molecule has 0 spiro atoms. The van der Waals surface area contributed by atoms with E-state index in [-0.39, 0.29) is 12.1 Å². The number of nitrogens with zero attached hydrogens (tertiary/aromatic N) is 2. The first kappa shape index (κ1) is 14.9. The van der Waals surface area contributed by atoms with Gasteiger partial charge in [-0.15, -0.1) is 0 Å². The maximum atomic E-state index is 12.4. The Hall–Kier alpha value is -0.170. The lowest BCUT2D eigenvalue weighted by atomic mass is 9.93. The fraction of sp³-hybridized carbons (Fsp3) is 1.00. The monoisotopic (exact) mass is 263 g/mol. The van der Waals surface area contributed by atoms with E-state index in [1.807, 2.05) is 13.8 Å². The molecule has 0 aromatic carbocycles. The third-order valence-corrected chi connectivity index (χ3v) is 5.89. The van der Waals surface area contributed by atoms with E-state index < -0.39 is 10.2 Å². The van der Waals surface area contributed by atoms with Crippen LogP contribution in [0.2, 0.25) is 0 Å². The molecule has 17 heavy (non-hydrogen) atoms. The number of rotatable bonds is 4. The average molecular weight is 263 g/mol. The zero-order valence-electron chi connectivity index (χ0n) is 11.3. The van der Waals surface area contributed by atoms with E-state index in [1.165, 1.54) is 4.31 Å². The summed E-state index contributed by atoms with van der Waals surface area (Å²) in [6.07, 6.45) is 1.97. The molecule has 0 radical (unpaired) electrons. The van der Waals surface area contributed by atoms with E-state index in [0.29, 0.717) is 19.0 Å². The molecule has 1 rings (SSSR count). The predicted octanol–water partition coefficient (Wildman–Crippen LogP) is 0.631. The molecular formula is C11H25N3O2S. The summed E-state index contributed by atoms with van der Waals surface area (Å²) >= 11 is 0. The molecule has 6 heteroatoms. The largest absolute Gasteiger partial charge is 0.329 e. The van der Waals surface area contributed by atoms with Gasteiger partial charge < -0.3 is 5.73 Å². The van der Waals surface area contributed by atoms with E-state index in [9.17, 15) is 8.42 Å². The van der Waals surface area contributed by atoms with Crippen LogP contribution in [0.25, 0.3) is 0 Å². The molecule has 1 aliphatic heterocycles. The van der Waals surface area contributed by atoms with Crippen molar-refractivity contribution in [3.8, 4) is 0 Å².